The lowest BCUT2D eigenvalue weighted by Crippen LogP contribution is -2.18. The number of aryl methyl sites for hydroxylation is 1. The number of pyridine rings is 1. The van der Waals surface area contributed by atoms with E-state index in [4.69, 9.17) is 21.4 Å². The third-order valence-corrected chi connectivity index (χ3v) is 5.57. The van der Waals surface area contributed by atoms with E-state index in [9.17, 15) is 9.59 Å². The third kappa shape index (κ3) is 4.58. The lowest BCUT2D eigenvalue weighted by Gasteiger charge is -2.20. The van der Waals surface area contributed by atoms with Gasteiger partial charge in [-0.05, 0) is 44.5 Å². The molecule has 3 aromatic heterocycles. The Morgan fingerprint density at radius 1 is 1.29 bits per heavy atom. The van der Waals surface area contributed by atoms with Crippen LogP contribution in [0.5, 0.6) is 0 Å². The first-order chi connectivity index (χ1) is 16.7. The molecule has 0 fully saturated rings. The van der Waals surface area contributed by atoms with Gasteiger partial charge in [-0.1, -0.05) is 22.8 Å². The van der Waals surface area contributed by atoms with Crippen molar-refractivity contribution in [1.29, 1.82) is 5.41 Å². The van der Waals surface area contributed by atoms with E-state index in [2.05, 4.69) is 35.5 Å². The first-order valence-corrected chi connectivity index (χ1v) is 10.9. The standard InChI is InChI=1S/C23H22ClN7O4/c1-10-7-13(21-14(8-10)19(32)11(2)20(34-21)16(9-25)30-26-4)12(3)27-15-5-6-17(24)28-18(15)22-29-23(33)35-31-22/h5-9,12,25-27H,1-4H3,(H,29,31,33)/b25-9?,30-16+. The number of benzene rings is 1. The molecule has 4 rings (SSSR count). The van der Waals surface area contributed by atoms with Crippen molar-refractivity contribution in [2.45, 2.75) is 26.8 Å². The van der Waals surface area contributed by atoms with Crippen molar-refractivity contribution in [3.05, 3.63) is 72.6 Å². The molecule has 0 saturated carbocycles. The number of H-pyrrole nitrogens is 1. The van der Waals surface area contributed by atoms with Crippen molar-refractivity contribution in [2.75, 3.05) is 12.4 Å². The van der Waals surface area contributed by atoms with E-state index in [1.54, 1.807) is 32.2 Å². The number of hydrogen-bond donors (Lipinski definition) is 4. The Kier molecular flexibility index (Phi) is 6.52. The van der Waals surface area contributed by atoms with Crippen molar-refractivity contribution in [2.24, 2.45) is 5.10 Å². The average molecular weight is 496 g/mol. The minimum atomic E-state index is -0.722. The van der Waals surface area contributed by atoms with Gasteiger partial charge in [0.25, 0.3) is 0 Å². The van der Waals surface area contributed by atoms with Crippen LogP contribution in [0.1, 0.15) is 35.4 Å². The smallest absolute Gasteiger partial charge is 0.439 e. The fourth-order valence-electron chi connectivity index (χ4n) is 3.78. The number of nitrogens with one attached hydrogen (secondary N) is 4. The largest absolute Gasteiger partial charge is 0.453 e. The van der Waals surface area contributed by atoms with E-state index >= 15 is 0 Å². The first kappa shape index (κ1) is 23.9. The lowest BCUT2D eigenvalue weighted by molar-refractivity contribution is 0.388. The summed E-state index contributed by atoms with van der Waals surface area (Å²) >= 11 is 6.07. The van der Waals surface area contributed by atoms with E-state index in [-0.39, 0.29) is 39.6 Å². The Balaban J connectivity index is 1.87. The topological polar surface area (TPSA) is 162 Å². The van der Waals surface area contributed by atoms with Crippen LogP contribution in [0.3, 0.4) is 0 Å². The van der Waals surface area contributed by atoms with Crippen LogP contribution in [0.4, 0.5) is 5.69 Å². The van der Waals surface area contributed by atoms with Gasteiger partial charge in [0.15, 0.2) is 11.2 Å². The summed E-state index contributed by atoms with van der Waals surface area (Å²) in [6.45, 7) is 5.42. The van der Waals surface area contributed by atoms with Crippen molar-refractivity contribution in [3.8, 4) is 11.5 Å². The van der Waals surface area contributed by atoms with E-state index in [1.807, 2.05) is 19.9 Å². The molecule has 180 valence electrons. The number of aromatic amines is 1. The molecule has 0 spiro atoms. The Morgan fingerprint density at radius 2 is 2.06 bits per heavy atom. The molecular formula is C23H22ClN7O4. The number of hydrogen-bond acceptors (Lipinski definition) is 10. The highest BCUT2D eigenvalue weighted by Gasteiger charge is 2.21. The van der Waals surface area contributed by atoms with E-state index in [1.165, 1.54) is 0 Å². The number of nitrogens with zero attached hydrogens (tertiary/aromatic N) is 3. The minimum absolute atomic E-state index is 0.115. The van der Waals surface area contributed by atoms with Gasteiger partial charge in [0.2, 0.25) is 5.82 Å². The Bertz CT molecular complexity index is 1590. The number of rotatable bonds is 7. The molecule has 1 atom stereocenters. The quantitative estimate of drug-likeness (QED) is 0.172. The van der Waals surface area contributed by atoms with Crippen LogP contribution in [0.15, 0.2) is 47.9 Å². The normalized spacial score (nSPS) is 12.5. The third-order valence-electron chi connectivity index (χ3n) is 5.36. The lowest BCUT2D eigenvalue weighted by atomic mass is 9.99. The van der Waals surface area contributed by atoms with Crippen molar-refractivity contribution >= 4 is 40.2 Å². The summed E-state index contributed by atoms with van der Waals surface area (Å²) in [7, 11) is 1.60. The van der Waals surface area contributed by atoms with Crippen LogP contribution >= 0.6 is 11.6 Å². The number of anilines is 1. The predicted molar refractivity (Wildman–Crippen MR) is 134 cm³/mol. The molecule has 0 aliphatic carbocycles. The average Bonchev–Trinajstić information content (AvgIpc) is 3.27. The molecule has 11 nitrogen and oxygen atoms in total. The summed E-state index contributed by atoms with van der Waals surface area (Å²) in [6, 6.07) is 6.58. The van der Waals surface area contributed by atoms with Gasteiger partial charge in [-0.3, -0.25) is 14.3 Å². The molecule has 1 unspecified atom stereocenters. The number of halogens is 1. The molecule has 0 aliphatic heterocycles. The Hall–Kier alpha value is -4.25. The zero-order chi connectivity index (χ0) is 25.3. The Morgan fingerprint density at radius 3 is 2.71 bits per heavy atom. The fourth-order valence-corrected chi connectivity index (χ4v) is 3.93. The van der Waals surface area contributed by atoms with Crippen LogP contribution < -0.4 is 21.9 Å². The van der Waals surface area contributed by atoms with Crippen LogP contribution in [-0.4, -0.2) is 34.1 Å². The molecule has 0 radical (unpaired) electrons. The van der Waals surface area contributed by atoms with E-state index in [0.717, 1.165) is 11.8 Å². The van der Waals surface area contributed by atoms with Gasteiger partial charge in [0.05, 0.1) is 17.1 Å². The first-order valence-electron chi connectivity index (χ1n) is 10.6. The summed E-state index contributed by atoms with van der Waals surface area (Å²) in [6.07, 6.45) is 1.02. The number of fused-ring (bicyclic) bond motifs is 1. The van der Waals surface area contributed by atoms with Crippen LogP contribution in [-0.2, 0) is 0 Å². The number of hydrazone groups is 1. The van der Waals surface area contributed by atoms with Gasteiger partial charge in [-0.15, -0.1) is 0 Å². The van der Waals surface area contributed by atoms with Gasteiger partial charge in [0, 0.05) is 24.4 Å². The summed E-state index contributed by atoms with van der Waals surface area (Å²) in [5.74, 6) is -0.400. The molecule has 4 N–H and O–H groups in total. The maximum absolute atomic E-state index is 13.2. The molecule has 3 heterocycles. The molecule has 12 heteroatoms. The zero-order valence-corrected chi connectivity index (χ0v) is 20.1. The van der Waals surface area contributed by atoms with Crippen LogP contribution in [0.2, 0.25) is 5.15 Å². The SMILES string of the molecule is CN/N=C(\C=N)c1oc2c(C(C)Nc3ccc(Cl)nc3-c3noc(=O)[nH]3)cc(C)cc2c(=O)c1C. The van der Waals surface area contributed by atoms with Gasteiger partial charge in [0.1, 0.15) is 22.1 Å². The monoisotopic (exact) mass is 495 g/mol. The zero-order valence-electron chi connectivity index (χ0n) is 19.3. The second-order valence-corrected chi connectivity index (χ2v) is 8.21. The highest BCUT2D eigenvalue weighted by atomic mass is 35.5. The van der Waals surface area contributed by atoms with Gasteiger partial charge < -0.3 is 20.6 Å². The predicted octanol–water partition coefficient (Wildman–Crippen LogP) is 3.55. The summed E-state index contributed by atoms with van der Waals surface area (Å²) in [4.78, 5) is 31.4. The second kappa shape index (κ2) is 9.55. The van der Waals surface area contributed by atoms with Crippen molar-refractivity contribution in [1.82, 2.24) is 20.6 Å². The van der Waals surface area contributed by atoms with Gasteiger partial charge >= 0.3 is 5.76 Å². The maximum Gasteiger partial charge on any atom is 0.439 e. The highest BCUT2D eigenvalue weighted by molar-refractivity contribution is 6.36. The second-order valence-electron chi connectivity index (χ2n) is 7.82. The fraction of sp³-hybridized carbons (Fsp3) is 0.217. The molecule has 4 aromatic rings. The summed E-state index contributed by atoms with van der Waals surface area (Å²) in [5.41, 5.74) is 5.70. The molecular weight excluding hydrogens is 474 g/mol. The minimum Gasteiger partial charge on any atom is -0.453 e. The van der Waals surface area contributed by atoms with Gasteiger partial charge in [-0.2, -0.15) is 5.10 Å². The van der Waals surface area contributed by atoms with Gasteiger partial charge in [-0.25, -0.2) is 9.78 Å². The van der Waals surface area contributed by atoms with Crippen molar-refractivity contribution < 1.29 is 8.94 Å². The molecule has 0 aliphatic rings. The maximum atomic E-state index is 13.2. The molecule has 1 aromatic carbocycles. The Labute approximate surface area is 203 Å². The molecule has 0 amide bonds. The number of aromatic nitrogens is 3. The molecule has 0 bridgehead atoms. The highest BCUT2D eigenvalue weighted by Crippen LogP contribution is 2.32. The van der Waals surface area contributed by atoms with E-state index < -0.39 is 5.76 Å². The summed E-state index contributed by atoms with van der Waals surface area (Å²) < 4.78 is 10.8. The van der Waals surface area contributed by atoms with Crippen LogP contribution in [0.25, 0.3) is 22.5 Å². The summed E-state index contributed by atoms with van der Waals surface area (Å²) in [5, 5.41) is 19.4. The molecule has 0 saturated heterocycles. The molecule has 35 heavy (non-hydrogen) atoms. The van der Waals surface area contributed by atoms with Crippen LogP contribution in [0, 0.1) is 19.3 Å². The van der Waals surface area contributed by atoms with Crippen molar-refractivity contribution in [3.63, 3.8) is 0 Å². The van der Waals surface area contributed by atoms with E-state index in [0.29, 0.717) is 27.8 Å².